The minimum Gasteiger partial charge on any atom is -0.748 e. The lowest BCUT2D eigenvalue weighted by Gasteiger charge is -2.37. The van der Waals surface area contributed by atoms with Gasteiger partial charge < -0.3 is 9.87 Å². The Bertz CT molecular complexity index is 1020. The molecule has 1 heterocycles. The van der Waals surface area contributed by atoms with Crippen LogP contribution in [0, 0.1) is 30.6 Å². The Morgan fingerprint density at radius 2 is 1.73 bits per heavy atom. The fourth-order valence-electron chi connectivity index (χ4n) is 4.84. The molecule has 1 aromatic carbocycles. The number of nitrogens with one attached hydrogen (secondary N) is 1. The molecule has 162 valence electrons. The molecule has 0 saturated heterocycles. The van der Waals surface area contributed by atoms with Crippen LogP contribution in [0.1, 0.15) is 44.5 Å². The standard InChI is InChI=1S/C12H13N3.C10H16O4S/c1-9-8-10(2)14-12(13-9)15-11-6-4-3-5-7-11;1-9(2)7-3-4-10(9,8(11)5-7)6-15(12,13)14/h3-8H,1-2H3,(H,13,14,15);7H,3-6H2,1-2H3,(H,12,13,14)/p-1. The highest BCUT2D eigenvalue weighted by Crippen LogP contribution is 2.64. The van der Waals surface area contributed by atoms with Gasteiger partial charge in [0.15, 0.2) is 0 Å². The van der Waals surface area contributed by atoms with Crippen LogP contribution in [0.5, 0.6) is 0 Å². The van der Waals surface area contributed by atoms with Crippen LogP contribution in [0.3, 0.4) is 0 Å². The summed E-state index contributed by atoms with van der Waals surface area (Å²) in [6, 6.07) is 11.9. The highest BCUT2D eigenvalue weighted by molar-refractivity contribution is 7.85. The molecule has 2 aliphatic rings. The van der Waals surface area contributed by atoms with Gasteiger partial charge in [0, 0.05) is 28.9 Å². The van der Waals surface area contributed by atoms with Gasteiger partial charge in [0.2, 0.25) is 5.95 Å². The third-order valence-corrected chi connectivity index (χ3v) is 7.42. The summed E-state index contributed by atoms with van der Waals surface area (Å²) in [5.41, 5.74) is 1.73. The van der Waals surface area contributed by atoms with Crippen molar-refractivity contribution >= 4 is 27.5 Å². The molecular weight excluding hydrogens is 402 g/mol. The quantitative estimate of drug-likeness (QED) is 0.735. The predicted molar refractivity (Wildman–Crippen MR) is 114 cm³/mol. The van der Waals surface area contributed by atoms with E-state index < -0.39 is 21.3 Å². The normalized spacial score (nSPS) is 24.3. The molecule has 2 atom stereocenters. The average Bonchev–Trinajstić information content (AvgIpc) is 2.95. The van der Waals surface area contributed by atoms with E-state index in [1.807, 2.05) is 64.1 Å². The van der Waals surface area contributed by atoms with E-state index in [0.717, 1.165) is 23.5 Å². The van der Waals surface area contributed by atoms with Crippen LogP contribution in [-0.4, -0.2) is 34.5 Å². The van der Waals surface area contributed by atoms with Crippen LogP contribution < -0.4 is 5.32 Å². The Hall–Kier alpha value is -2.32. The van der Waals surface area contributed by atoms with Gasteiger partial charge >= 0.3 is 0 Å². The molecule has 2 aromatic rings. The van der Waals surface area contributed by atoms with E-state index in [9.17, 15) is 17.8 Å². The minimum atomic E-state index is -4.33. The average molecular weight is 431 g/mol. The van der Waals surface area contributed by atoms with Crippen molar-refractivity contribution in [2.24, 2.45) is 16.7 Å². The van der Waals surface area contributed by atoms with Gasteiger partial charge in [-0.3, -0.25) is 4.79 Å². The molecule has 2 unspecified atom stereocenters. The number of anilines is 2. The lowest BCUT2D eigenvalue weighted by molar-refractivity contribution is -0.128. The third-order valence-electron chi connectivity index (χ3n) is 6.57. The van der Waals surface area contributed by atoms with E-state index in [-0.39, 0.29) is 17.1 Å². The van der Waals surface area contributed by atoms with Crippen molar-refractivity contribution in [3.05, 3.63) is 47.8 Å². The van der Waals surface area contributed by atoms with Crippen LogP contribution in [-0.2, 0) is 14.9 Å². The Labute approximate surface area is 178 Å². The second kappa shape index (κ2) is 8.07. The molecule has 0 spiro atoms. The first kappa shape index (κ1) is 22.4. The zero-order valence-corrected chi connectivity index (χ0v) is 18.6. The maximum Gasteiger partial charge on any atom is 0.227 e. The van der Waals surface area contributed by atoms with Gasteiger partial charge in [0.1, 0.15) is 5.78 Å². The molecule has 2 saturated carbocycles. The summed E-state index contributed by atoms with van der Waals surface area (Å²) in [6.07, 6.45) is 1.88. The van der Waals surface area contributed by atoms with Crippen molar-refractivity contribution in [3.63, 3.8) is 0 Å². The first-order valence-electron chi connectivity index (χ1n) is 10.0. The number of nitrogens with zero attached hydrogens (tertiary/aromatic N) is 2. The molecule has 1 N–H and O–H groups in total. The van der Waals surface area contributed by atoms with Crippen molar-refractivity contribution in [2.45, 2.75) is 47.0 Å². The molecule has 30 heavy (non-hydrogen) atoms. The van der Waals surface area contributed by atoms with Gasteiger partial charge in [-0.25, -0.2) is 18.4 Å². The number of carbonyl (C=O) groups excluding carboxylic acids is 1. The van der Waals surface area contributed by atoms with Crippen molar-refractivity contribution in [1.29, 1.82) is 0 Å². The predicted octanol–water partition coefficient (Wildman–Crippen LogP) is 3.76. The fraction of sp³-hybridized carbons (Fsp3) is 0.500. The Kier molecular flexibility index (Phi) is 6.02. The first-order chi connectivity index (χ1) is 13.9. The van der Waals surface area contributed by atoms with Gasteiger partial charge in [-0.1, -0.05) is 32.0 Å². The van der Waals surface area contributed by atoms with Crippen LogP contribution in [0.15, 0.2) is 36.4 Å². The van der Waals surface area contributed by atoms with E-state index in [0.29, 0.717) is 18.8 Å². The topological polar surface area (TPSA) is 112 Å². The maximum atomic E-state index is 11.8. The molecule has 0 amide bonds. The zero-order chi connectivity index (χ0) is 22.2. The maximum absolute atomic E-state index is 11.8. The summed E-state index contributed by atoms with van der Waals surface area (Å²) >= 11 is 0. The monoisotopic (exact) mass is 430 g/mol. The highest BCUT2D eigenvalue weighted by atomic mass is 32.2. The molecule has 2 fully saturated rings. The summed E-state index contributed by atoms with van der Waals surface area (Å²) in [5.74, 6) is 0.371. The summed E-state index contributed by atoms with van der Waals surface area (Å²) in [7, 11) is -4.33. The van der Waals surface area contributed by atoms with Crippen LogP contribution in [0.2, 0.25) is 0 Å². The van der Waals surface area contributed by atoms with Crippen LogP contribution in [0.25, 0.3) is 0 Å². The lowest BCUT2D eigenvalue weighted by atomic mass is 9.70. The smallest absolute Gasteiger partial charge is 0.227 e. The molecule has 0 aliphatic heterocycles. The molecule has 7 nitrogen and oxygen atoms in total. The summed E-state index contributed by atoms with van der Waals surface area (Å²) < 4.78 is 32.7. The Morgan fingerprint density at radius 1 is 1.13 bits per heavy atom. The van der Waals surface area contributed by atoms with E-state index in [4.69, 9.17) is 0 Å². The van der Waals surface area contributed by atoms with Crippen molar-refractivity contribution in [2.75, 3.05) is 11.1 Å². The van der Waals surface area contributed by atoms with Crippen LogP contribution >= 0.6 is 0 Å². The molecule has 2 aliphatic carbocycles. The second-order valence-electron chi connectivity index (χ2n) is 8.83. The minimum absolute atomic E-state index is 0.0248. The van der Waals surface area contributed by atoms with E-state index in [2.05, 4.69) is 15.3 Å². The number of Topliss-reactive ketones (excluding diaryl/α,β-unsaturated/α-hetero) is 1. The second-order valence-corrected chi connectivity index (χ2v) is 10.2. The molecule has 4 rings (SSSR count). The summed E-state index contributed by atoms with van der Waals surface area (Å²) in [6.45, 7) is 7.76. The van der Waals surface area contributed by atoms with Gasteiger partial charge in [0.25, 0.3) is 0 Å². The lowest BCUT2D eigenvalue weighted by Crippen LogP contribution is -2.42. The fourth-order valence-corrected chi connectivity index (χ4v) is 6.12. The number of rotatable bonds is 4. The largest absolute Gasteiger partial charge is 0.748 e. The van der Waals surface area contributed by atoms with Gasteiger partial charge in [-0.2, -0.15) is 0 Å². The number of para-hydroxylation sites is 1. The van der Waals surface area contributed by atoms with E-state index >= 15 is 0 Å². The number of ketones is 1. The molecule has 1 aromatic heterocycles. The third kappa shape index (κ3) is 4.54. The zero-order valence-electron chi connectivity index (χ0n) is 17.8. The number of fused-ring (bicyclic) bond motifs is 2. The van der Waals surface area contributed by atoms with Gasteiger partial charge in [0.05, 0.1) is 15.9 Å². The Balaban J connectivity index is 0.000000171. The first-order valence-corrected chi connectivity index (χ1v) is 11.6. The molecule has 2 bridgehead atoms. The van der Waals surface area contributed by atoms with E-state index in [1.54, 1.807) is 0 Å². The Morgan fingerprint density at radius 3 is 2.20 bits per heavy atom. The van der Waals surface area contributed by atoms with E-state index in [1.165, 1.54) is 0 Å². The number of hydrogen-bond donors (Lipinski definition) is 1. The van der Waals surface area contributed by atoms with Crippen molar-refractivity contribution < 1.29 is 17.8 Å². The molecule has 0 radical (unpaired) electrons. The van der Waals surface area contributed by atoms with Gasteiger partial charge in [-0.15, -0.1) is 0 Å². The number of aryl methyl sites for hydroxylation is 2. The molecular formula is C22H28N3O4S-. The van der Waals surface area contributed by atoms with Crippen molar-refractivity contribution in [1.82, 2.24) is 9.97 Å². The molecule has 8 heteroatoms. The highest BCUT2D eigenvalue weighted by Gasteiger charge is 2.64. The van der Waals surface area contributed by atoms with Gasteiger partial charge in [-0.05, 0) is 56.2 Å². The van der Waals surface area contributed by atoms with Crippen molar-refractivity contribution in [3.8, 4) is 0 Å². The summed E-state index contributed by atoms with van der Waals surface area (Å²) in [5, 5.41) is 3.16. The van der Waals surface area contributed by atoms with Crippen LogP contribution in [0.4, 0.5) is 11.6 Å². The summed E-state index contributed by atoms with van der Waals surface area (Å²) in [4.78, 5) is 20.5. The number of benzene rings is 1. The number of hydrogen-bond acceptors (Lipinski definition) is 7. The number of carbonyl (C=O) groups is 1. The SMILES string of the molecule is CC1(C)C2CCC1(CS(=O)(=O)[O-])C(=O)C2.Cc1cc(C)nc(Nc2ccccc2)n1. The number of aromatic nitrogens is 2.